The van der Waals surface area contributed by atoms with E-state index in [2.05, 4.69) is 15.4 Å². The average Bonchev–Trinajstić information content (AvgIpc) is 4.00. The molecule has 17 heteroatoms. The lowest BCUT2D eigenvalue weighted by molar-refractivity contribution is -0.143. The number of fused-ring (bicyclic) bond motifs is 3. The molecular weight excluding hydrogens is 735 g/mol. The molecule has 4 bridgehead atoms. The van der Waals surface area contributed by atoms with Gasteiger partial charge in [-0.2, -0.15) is 0 Å². The van der Waals surface area contributed by atoms with Crippen LogP contribution in [0.3, 0.4) is 0 Å². The number of hydrogen-bond donors (Lipinski definition) is 3. The zero-order chi connectivity index (χ0) is 39.9. The molecule has 5 aliphatic rings. The standard InChI is InChI=1S/C38H53N5O11S/c1-7-24-18-38(24,33(46)41-55(49,50)26-13-14-26)40-31(44)28-17-25-20-43(28)32(45)30(36(2,3)4)39-34(47)52-22-37(5,6)53-16-9-8-15-51-29-12-10-11-23-19-42(21-27(23)29)35(48)54-25/h8-12,24-26,28,30H,7,13-22H2,1-6H3,(H,39,47)(H,40,44)(H,41,46)/t24-,25+,28?,30+,38-/m0/s1. The molecule has 3 fully saturated rings. The van der Waals surface area contributed by atoms with Crippen LogP contribution < -0.4 is 20.1 Å². The summed E-state index contributed by atoms with van der Waals surface area (Å²) in [4.78, 5) is 71.9. The van der Waals surface area contributed by atoms with Gasteiger partial charge in [0.25, 0.3) is 5.91 Å². The van der Waals surface area contributed by atoms with Gasteiger partial charge >= 0.3 is 12.2 Å². The van der Waals surface area contributed by atoms with Crippen molar-refractivity contribution in [2.75, 3.05) is 26.4 Å². The molecule has 0 aromatic heterocycles. The smallest absolute Gasteiger partial charge is 0.410 e. The Bertz CT molecular complexity index is 1840. The number of ether oxygens (including phenoxy) is 4. The molecule has 1 unspecified atom stereocenters. The Labute approximate surface area is 322 Å². The molecule has 3 N–H and O–H groups in total. The van der Waals surface area contributed by atoms with Gasteiger partial charge in [-0.1, -0.05) is 52.3 Å². The topological polar surface area (TPSA) is 199 Å². The SMILES string of the molecule is CC[C@H]1C[C@@]1(NC(=O)C1C[C@@H]2CN1C(=O)[C@H](C(C)(C)C)NC(=O)OCC(C)(C)OCC=CCOc1cccc3c1CN(C3)C(=O)O2)C(=O)NS(=O)(=O)C1CC1. The minimum absolute atomic E-state index is 0.105. The van der Waals surface area contributed by atoms with Crippen LogP contribution >= 0.6 is 0 Å². The Kier molecular flexibility index (Phi) is 11.2. The van der Waals surface area contributed by atoms with Crippen LogP contribution in [0, 0.1) is 11.3 Å². The van der Waals surface area contributed by atoms with E-state index in [0.29, 0.717) is 25.0 Å². The summed E-state index contributed by atoms with van der Waals surface area (Å²) in [6.07, 6.45) is 2.67. The fraction of sp³-hybridized carbons (Fsp3) is 0.658. The summed E-state index contributed by atoms with van der Waals surface area (Å²) >= 11 is 0. The van der Waals surface area contributed by atoms with Gasteiger partial charge in [-0.25, -0.2) is 18.0 Å². The van der Waals surface area contributed by atoms with Crippen molar-refractivity contribution >= 4 is 39.9 Å². The van der Waals surface area contributed by atoms with Crippen molar-refractivity contribution in [2.45, 2.75) is 121 Å². The third-order valence-electron chi connectivity index (χ3n) is 10.9. The summed E-state index contributed by atoms with van der Waals surface area (Å²) in [5.41, 5.74) is -1.50. The first kappa shape index (κ1) is 40.3. The Morgan fingerprint density at radius 2 is 1.76 bits per heavy atom. The zero-order valence-corrected chi connectivity index (χ0v) is 33.2. The van der Waals surface area contributed by atoms with Gasteiger partial charge in [0.05, 0.1) is 30.5 Å². The van der Waals surface area contributed by atoms with Gasteiger partial charge in [-0.05, 0) is 62.1 Å². The van der Waals surface area contributed by atoms with E-state index >= 15 is 0 Å². The van der Waals surface area contributed by atoms with E-state index in [1.54, 1.807) is 40.7 Å². The molecular formula is C38H53N5O11S. The number of hydrogen-bond acceptors (Lipinski definition) is 11. The van der Waals surface area contributed by atoms with Crippen LogP contribution in [0.5, 0.6) is 5.75 Å². The van der Waals surface area contributed by atoms with Gasteiger partial charge in [-0.15, -0.1) is 0 Å². The third kappa shape index (κ3) is 9.03. The molecule has 1 saturated heterocycles. The largest absolute Gasteiger partial charge is 0.489 e. The van der Waals surface area contributed by atoms with Crippen molar-refractivity contribution in [1.29, 1.82) is 0 Å². The van der Waals surface area contributed by atoms with Crippen LogP contribution in [0.1, 0.15) is 84.8 Å². The molecule has 5 atom stereocenters. The van der Waals surface area contributed by atoms with Crippen LogP contribution in [-0.2, 0) is 51.7 Å². The van der Waals surface area contributed by atoms with Gasteiger partial charge in [0, 0.05) is 18.5 Å². The lowest BCUT2D eigenvalue weighted by Crippen LogP contribution is -2.60. The highest BCUT2D eigenvalue weighted by molar-refractivity contribution is 7.91. The number of sulfonamides is 1. The van der Waals surface area contributed by atoms with E-state index < -0.39 is 79.9 Å². The molecule has 1 aromatic carbocycles. The molecule has 1 aromatic rings. The number of nitrogens with one attached hydrogen (secondary N) is 3. The average molecular weight is 788 g/mol. The number of carbonyl (C=O) groups is 5. The van der Waals surface area contributed by atoms with E-state index in [0.717, 1.165) is 11.1 Å². The second-order valence-corrected chi connectivity index (χ2v) is 18.8. The highest BCUT2D eigenvalue weighted by Gasteiger charge is 2.62. The maximum Gasteiger partial charge on any atom is 0.410 e. The monoisotopic (exact) mass is 787 g/mol. The van der Waals surface area contributed by atoms with Crippen LogP contribution in [-0.4, -0.2) is 109 Å². The Hall–Kier alpha value is -4.38. The second-order valence-electron chi connectivity index (χ2n) is 16.8. The lowest BCUT2D eigenvalue weighted by Gasteiger charge is -2.35. The van der Waals surface area contributed by atoms with Gasteiger partial charge in [0.15, 0.2) is 0 Å². The molecule has 16 nitrogen and oxygen atoms in total. The third-order valence-corrected chi connectivity index (χ3v) is 12.7. The summed E-state index contributed by atoms with van der Waals surface area (Å²) in [6.45, 7) is 11.3. The molecule has 3 aliphatic heterocycles. The first-order valence-electron chi connectivity index (χ1n) is 18.9. The normalized spacial score (nSPS) is 28.8. The Morgan fingerprint density at radius 3 is 2.44 bits per heavy atom. The molecule has 55 heavy (non-hydrogen) atoms. The minimum atomic E-state index is -3.90. The summed E-state index contributed by atoms with van der Waals surface area (Å²) in [5.74, 6) is -1.85. The van der Waals surface area contributed by atoms with Gasteiger partial charge in [-0.3, -0.25) is 24.0 Å². The number of cyclic esters (lactones) is 1. The van der Waals surface area contributed by atoms with Crippen molar-refractivity contribution in [1.82, 2.24) is 25.2 Å². The van der Waals surface area contributed by atoms with Crippen molar-refractivity contribution in [2.24, 2.45) is 11.3 Å². The highest BCUT2D eigenvalue weighted by atomic mass is 32.2. The van der Waals surface area contributed by atoms with E-state index in [4.69, 9.17) is 18.9 Å². The second kappa shape index (κ2) is 15.3. The molecule has 2 aliphatic carbocycles. The zero-order valence-electron chi connectivity index (χ0n) is 32.3. The van der Waals surface area contributed by atoms with Crippen molar-refractivity contribution in [3.8, 4) is 5.75 Å². The molecule has 5 amide bonds. The van der Waals surface area contributed by atoms with E-state index in [1.807, 2.05) is 31.2 Å². The quantitative estimate of drug-likeness (QED) is 0.359. The van der Waals surface area contributed by atoms with Gasteiger partial charge < -0.3 is 34.5 Å². The maximum absolute atomic E-state index is 14.5. The first-order chi connectivity index (χ1) is 25.8. The van der Waals surface area contributed by atoms with Crippen LogP contribution in [0.25, 0.3) is 0 Å². The van der Waals surface area contributed by atoms with Crippen LogP contribution in [0.15, 0.2) is 30.4 Å². The molecule has 302 valence electrons. The minimum Gasteiger partial charge on any atom is -0.489 e. The number of amides is 5. The van der Waals surface area contributed by atoms with E-state index in [9.17, 15) is 32.4 Å². The molecule has 3 heterocycles. The number of alkyl carbamates (subject to hydrolysis) is 1. The van der Waals surface area contributed by atoms with E-state index in [1.165, 1.54) is 9.80 Å². The fourth-order valence-corrected chi connectivity index (χ4v) is 8.71. The molecule has 0 radical (unpaired) electrons. The lowest BCUT2D eigenvalue weighted by atomic mass is 9.85. The summed E-state index contributed by atoms with van der Waals surface area (Å²) in [5, 5.41) is 4.84. The maximum atomic E-state index is 14.5. The summed E-state index contributed by atoms with van der Waals surface area (Å²) < 4.78 is 51.0. The number of carbonyl (C=O) groups excluding carboxylic acids is 5. The van der Waals surface area contributed by atoms with Gasteiger partial charge in [0.2, 0.25) is 21.8 Å². The fourth-order valence-electron chi connectivity index (χ4n) is 7.35. The predicted molar refractivity (Wildman–Crippen MR) is 198 cm³/mol. The Balaban J connectivity index is 1.27. The number of nitrogens with zero attached hydrogens (tertiary/aromatic N) is 2. The predicted octanol–water partition coefficient (Wildman–Crippen LogP) is 2.89. The highest BCUT2D eigenvalue weighted by Crippen LogP contribution is 2.47. The van der Waals surface area contributed by atoms with E-state index in [-0.39, 0.29) is 58.2 Å². The molecule has 2 saturated carbocycles. The molecule has 0 spiro atoms. The summed E-state index contributed by atoms with van der Waals surface area (Å²) in [7, 11) is -3.90. The van der Waals surface area contributed by atoms with Crippen molar-refractivity contribution in [3.05, 3.63) is 41.5 Å². The van der Waals surface area contributed by atoms with Crippen LogP contribution in [0.4, 0.5) is 9.59 Å². The summed E-state index contributed by atoms with van der Waals surface area (Å²) in [6, 6.07) is 3.17. The first-order valence-corrected chi connectivity index (χ1v) is 20.5. The number of benzene rings is 1. The molecule has 6 rings (SSSR count). The van der Waals surface area contributed by atoms with Gasteiger partial charge in [0.1, 0.15) is 42.7 Å². The number of rotatable bonds is 6. The Morgan fingerprint density at radius 1 is 1.04 bits per heavy atom. The van der Waals surface area contributed by atoms with Crippen molar-refractivity contribution in [3.63, 3.8) is 0 Å². The van der Waals surface area contributed by atoms with Crippen LogP contribution in [0.2, 0.25) is 0 Å². The van der Waals surface area contributed by atoms with Crippen molar-refractivity contribution < 1.29 is 51.3 Å².